The molecule has 0 fully saturated rings. The highest BCUT2D eigenvalue weighted by Gasteiger charge is 2.13. The van der Waals surface area contributed by atoms with Gasteiger partial charge in [0.2, 0.25) is 0 Å². The van der Waals surface area contributed by atoms with Crippen molar-refractivity contribution in [3.8, 4) is 0 Å². The number of hydrogen-bond donors (Lipinski definition) is 0. The maximum absolute atomic E-state index is 12.4. The summed E-state index contributed by atoms with van der Waals surface area (Å²) in [5.74, 6) is 0.101. The first-order chi connectivity index (χ1) is 8.75. The Bertz CT molecular complexity index is 713. The van der Waals surface area contributed by atoms with Crippen LogP contribution in [0.25, 0.3) is 10.1 Å². The average Bonchev–Trinajstić information content (AvgIpc) is 2.82. The van der Waals surface area contributed by atoms with Crippen molar-refractivity contribution in [3.05, 3.63) is 68.6 Å². The molecule has 0 aliphatic carbocycles. The largest absolute Gasteiger partial charge is 0.289 e. The maximum Gasteiger partial charge on any atom is 0.194 e. The number of thiophene rings is 1. The molecule has 18 heavy (non-hydrogen) atoms. The maximum atomic E-state index is 12.4. The minimum atomic E-state index is 0.101. The molecule has 0 radical (unpaired) electrons. The molecule has 3 heteroatoms. The van der Waals surface area contributed by atoms with Gasteiger partial charge in [-0.1, -0.05) is 18.2 Å². The fourth-order valence-electron chi connectivity index (χ4n) is 1.91. The first-order valence-corrected chi connectivity index (χ1v) is 7.48. The first-order valence-electron chi connectivity index (χ1n) is 5.52. The summed E-state index contributed by atoms with van der Waals surface area (Å²) in [6.45, 7) is 0. The standard InChI is InChI=1S/C15H9IOS/c16-11-7-5-10(6-8-11)15(17)13-9-18-14-4-2-1-3-12(13)14/h1-9H. The van der Waals surface area contributed by atoms with Gasteiger partial charge in [-0.15, -0.1) is 11.3 Å². The van der Waals surface area contributed by atoms with E-state index < -0.39 is 0 Å². The summed E-state index contributed by atoms with van der Waals surface area (Å²) in [5, 5.41) is 3.00. The molecule has 0 atom stereocenters. The Hall–Kier alpha value is -1.20. The van der Waals surface area contributed by atoms with E-state index in [0.717, 1.165) is 24.8 Å². The molecule has 1 heterocycles. The lowest BCUT2D eigenvalue weighted by molar-refractivity contribution is 0.104. The molecule has 3 aromatic rings. The Balaban J connectivity index is 2.09. The van der Waals surface area contributed by atoms with Crippen molar-refractivity contribution in [3.63, 3.8) is 0 Å². The third-order valence-corrected chi connectivity index (χ3v) is 4.51. The number of fused-ring (bicyclic) bond motifs is 1. The molecule has 0 amide bonds. The van der Waals surface area contributed by atoms with Gasteiger partial charge >= 0.3 is 0 Å². The number of rotatable bonds is 2. The molecule has 0 saturated heterocycles. The van der Waals surface area contributed by atoms with Crippen LogP contribution in [0.3, 0.4) is 0 Å². The van der Waals surface area contributed by atoms with Crippen molar-refractivity contribution in [2.45, 2.75) is 0 Å². The molecule has 88 valence electrons. The molecule has 0 aliphatic heterocycles. The number of halogens is 1. The second-order valence-corrected chi connectivity index (χ2v) is 6.14. The fourth-order valence-corrected chi connectivity index (χ4v) is 3.21. The summed E-state index contributed by atoms with van der Waals surface area (Å²) in [7, 11) is 0. The molecular formula is C15H9IOS. The van der Waals surface area contributed by atoms with Crippen LogP contribution in [0.2, 0.25) is 0 Å². The van der Waals surface area contributed by atoms with E-state index in [-0.39, 0.29) is 5.78 Å². The smallest absolute Gasteiger partial charge is 0.194 e. The van der Waals surface area contributed by atoms with E-state index in [9.17, 15) is 4.79 Å². The molecule has 1 aromatic heterocycles. The minimum absolute atomic E-state index is 0.101. The van der Waals surface area contributed by atoms with Crippen LogP contribution in [0, 0.1) is 3.57 Å². The topological polar surface area (TPSA) is 17.1 Å². The number of ketones is 1. The van der Waals surface area contributed by atoms with Crippen molar-refractivity contribution in [1.82, 2.24) is 0 Å². The monoisotopic (exact) mass is 364 g/mol. The molecule has 1 nitrogen and oxygen atoms in total. The lowest BCUT2D eigenvalue weighted by Gasteiger charge is -2.00. The summed E-state index contributed by atoms with van der Waals surface area (Å²) in [4.78, 5) is 12.4. The molecule has 0 unspecified atom stereocenters. The number of carbonyl (C=O) groups is 1. The molecule has 0 aliphatic rings. The summed E-state index contributed by atoms with van der Waals surface area (Å²) in [5.41, 5.74) is 1.55. The van der Waals surface area contributed by atoms with Crippen LogP contribution in [0.1, 0.15) is 15.9 Å². The highest BCUT2D eigenvalue weighted by atomic mass is 127. The van der Waals surface area contributed by atoms with Crippen LogP contribution < -0.4 is 0 Å². The molecule has 0 spiro atoms. The Labute approximate surface area is 123 Å². The van der Waals surface area contributed by atoms with Crippen LogP contribution in [0.15, 0.2) is 53.9 Å². The molecule has 3 rings (SSSR count). The zero-order valence-electron chi connectivity index (χ0n) is 9.39. The molecule has 0 saturated carbocycles. The van der Waals surface area contributed by atoms with Gasteiger partial charge in [-0.25, -0.2) is 0 Å². The minimum Gasteiger partial charge on any atom is -0.289 e. The van der Waals surface area contributed by atoms with E-state index in [1.165, 1.54) is 0 Å². The van der Waals surface area contributed by atoms with Crippen LogP contribution in [0.4, 0.5) is 0 Å². The van der Waals surface area contributed by atoms with Crippen molar-refractivity contribution < 1.29 is 4.79 Å². The number of carbonyl (C=O) groups excluding carboxylic acids is 1. The first kappa shape index (κ1) is 11.9. The fraction of sp³-hybridized carbons (Fsp3) is 0. The van der Waals surface area contributed by atoms with E-state index in [1.807, 2.05) is 53.9 Å². The quantitative estimate of drug-likeness (QED) is 0.474. The Morgan fingerprint density at radius 3 is 2.50 bits per heavy atom. The van der Waals surface area contributed by atoms with Gasteiger partial charge in [0.05, 0.1) is 0 Å². The van der Waals surface area contributed by atoms with E-state index in [2.05, 4.69) is 22.6 Å². The van der Waals surface area contributed by atoms with Crippen LogP contribution >= 0.6 is 33.9 Å². The van der Waals surface area contributed by atoms with E-state index in [1.54, 1.807) is 11.3 Å². The van der Waals surface area contributed by atoms with Crippen LogP contribution in [-0.4, -0.2) is 5.78 Å². The van der Waals surface area contributed by atoms with Gasteiger partial charge in [0.15, 0.2) is 5.78 Å². The lowest BCUT2D eigenvalue weighted by Crippen LogP contribution is -1.99. The molecule has 0 bridgehead atoms. The van der Waals surface area contributed by atoms with Gasteiger partial charge < -0.3 is 0 Å². The van der Waals surface area contributed by atoms with Gasteiger partial charge in [-0.2, -0.15) is 0 Å². The zero-order valence-corrected chi connectivity index (χ0v) is 12.4. The van der Waals surface area contributed by atoms with Crippen molar-refractivity contribution in [2.75, 3.05) is 0 Å². The van der Waals surface area contributed by atoms with Gasteiger partial charge in [-0.05, 0) is 52.9 Å². The summed E-state index contributed by atoms with van der Waals surface area (Å²) >= 11 is 3.86. The van der Waals surface area contributed by atoms with Crippen molar-refractivity contribution in [2.24, 2.45) is 0 Å². The van der Waals surface area contributed by atoms with Gasteiger partial charge in [0.25, 0.3) is 0 Å². The van der Waals surface area contributed by atoms with E-state index in [0.29, 0.717) is 0 Å². The van der Waals surface area contributed by atoms with Crippen LogP contribution in [-0.2, 0) is 0 Å². The van der Waals surface area contributed by atoms with Gasteiger partial charge in [0.1, 0.15) is 0 Å². The Kier molecular flexibility index (Phi) is 3.18. The Morgan fingerprint density at radius 2 is 1.72 bits per heavy atom. The van der Waals surface area contributed by atoms with Crippen molar-refractivity contribution in [1.29, 1.82) is 0 Å². The highest BCUT2D eigenvalue weighted by Crippen LogP contribution is 2.27. The third kappa shape index (κ3) is 2.08. The third-order valence-electron chi connectivity index (χ3n) is 2.83. The SMILES string of the molecule is O=C(c1ccc(I)cc1)c1csc2ccccc12. The normalized spacial score (nSPS) is 10.7. The average molecular weight is 364 g/mol. The zero-order chi connectivity index (χ0) is 12.5. The highest BCUT2D eigenvalue weighted by molar-refractivity contribution is 14.1. The molecular weight excluding hydrogens is 355 g/mol. The van der Waals surface area contributed by atoms with Gasteiger partial charge in [0, 0.05) is 30.2 Å². The molecule has 2 aromatic carbocycles. The summed E-state index contributed by atoms with van der Waals surface area (Å²) in [6.07, 6.45) is 0. The number of hydrogen-bond acceptors (Lipinski definition) is 2. The lowest BCUT2D eigenvalue weighted by atomic mass is 10.0. The van der Waals surface area contributed by atoms with E-state index in [4.69, 9.17) is 0 Å². The summed E-state index contributed by atoms with van der Waals surface area (Å²) in [6, 6.07) is 15.7. The number of benzene rings is 2. The second-order valence-electron chi connectivity index (χ2n) is 3.98. The Morgan fingerprint density at radius 1 is 1.00 bits per heavy atom. The van der Waals surface area contributed by atoms with Crippen LogP contribution in [0.5, 0.6) is 0 Å². The van der Waals surface area contributed by atoms with Gasteiger partial charge in [-0.3, -0.25) is 4.79 Å². The summed E-state index contributed by atoms with van der Waals surface area (Å²) < 4.78 is 2.30. The van der Waals surface area contributed by atoms with E-state index >= 15 is 0 Å². The van der Waals surface area contributed by atoms with Crippen molar-refractivity contribution >= 4 is 49.8 Å². The second kappa shape index (κ2) is 4.82. The predicted molar refractivity (Wildman–Crippen MR) is 84.4 cm³/mol. The predicted octanol–water partition coefficient (Wildman–Crippen LogP) is 4.74. The molecule has 0 N–H and O–H groups in total.